The van der Waals surface area contributed by atoms with Gasteiger partial charge in [0.2, 0.25) is 0 Å². The fourth-order valence-corrected chi connectivity index (χ4v) is 3.34. The summed E-state index contributed by atoms with van der Waals surface area (Å²) < 4.78 is 0. The Kier molecular flexibility index (Phi) is 2.97. The largest absolute Gasteiger partial charge is 0.240 e. The first kappa shape index (κ1) is 11.3. The van der Waals surface area contributed by atoms with Crippen LogP contribution in [0.15, 0.2) is 24.3 Å². The van der Waals surface area contributed by atoms with E-state index in [9.17, 15) is 0 Å². The summed E-state index contributed by atoms with van der Waals surface area (Å²) in [4.78, 5) is 6.17. The van der Waals surface area contributed by atoms with Crippen molar-refractivity contribution < 1.29 is 0 Å². The summed E-state index contributed by atoms with van der Waals surface area (Å²) >= 11 is 6.21. The van der Waals surface area contributed by atoms with Crippen LogP contribution < -0.4 is 0 Å². The first-order valence-electron chi connectivity index (χ1n) is 5.95. The fourth-order valence-electron chi connectivity index (χ4n) is 1.97. The van der Waals surface area contributed by atoms with Crippen LogP contribution in [0.2, 0.25) is 0 Å². The lowest BCUT2D eigenvalue weighted by atomic mass is 10.1. The number of thiazole rings is 1. The second kappa shape index (κ2) is 4.46. The fraction of sp³-hybridized carbons (Fsp3) is 0.357. The maximum absolute atomic E-state index is 4.81. The predicted molar refractivity (Wildman–Crippen MR) is 77.0 cm³/mol. The molecule has 1 aromatic heterocycles. The van der Waals surface area contributed by atoms with Crippen LogP contribution in [0.25, 0.3) is 10.6 Å². The van der Waals surface area contributed by atoms with Crippen LogP contribution in [0.4, 0.5) is 0 Å². The molecule has 17 heavy (non-hydrogen) atoms. The summed E-state index contributed by atoms with van der Waals surface area (Å²) in [5.41, 5.74) is 3.83. The van der Waals surface area contributed by atoms with E-state index in [0.29, 0.717) is 5.92 Å². The van der Waals surface area contributed by atoms with Gasteiger partial charge >= 0.3 is 0 Å². The van der Waals surface area contributed by atoms with E-state index >= 15 is 0 Å². The lowest BCUT2D eigenvalue weighted by molar-refractivity contribution is 1.03. The van der Waals surface area contributed by atoms with Crippen molar-refractivity contribution in [1.82, 2.24) is 4.98 Å². The molecule has 1 saturated carbocycles. The molecule has 0 spiro atoms. The minimum atomic E-state index is 0.715. The Labute approximate surface area is 111 Å². The van der Waals surface area contributed by atoms with Gasteiger partial charge in [0.1, 0.15) is 5.01 Å². The molecule has 1 fully saturated rings. The smallest absolute Gasteiger partial charge is 0.123 e. The van der Waals surface area contributed by atoms with E-state index in [1.807, 2.05) is 0 Å². The molecule has 0 N–H and O–H groups in total. The van der Waals surface area contributed by atoms with Gasteiger partial charge in [-0.25, -0.2) is 4.98 Å². The number of hydrogen-bond donors (Lipinski definition) is 1. The van der Waals surface area contributed by atoms with E-state index in [4.69, 9.17) is 4.98 Å². The Morgan fingerprint density at radius 1 is 1.29 bits per heavy atom. The molecule has 3 heteroatoms. The molecule has 0 bridgehead atoms. The molecule has 2 aromatic rings. The third kappa shape index (κ3) is 2.26. The minimum absolute atomic E-state index is 0.715. The number of benzene rings is 1. The third-order valence-corrected chi connectivity index (χ3v) is 4.78. The highest BCUT2D eigenvalue weighted by molar-refractivity contribution is 7.79. The van der Waals surface area contributed by atoms with E-state index in [2.05, 4.69) is 43.8 Å². The average molecular weight is 261 g/mol. The SMILES string of the molecule is Cc1ccc(-c2nc(C3CC3)c(CS)s2)cc1. The van der Waals surface area contributed by atoms with Gasteiger partial charge in [-0.15, -0.1) is 11.3 Å². The third-order valence-electron chi connectivity index (χ3n) is 3.13. The van der Waals surface area contributed by atoms with Gasteiger partial charge in [-0.3, -0.25) is 0 Å². The molecular formula is C14H15NS2. The number of aromatic nitrogens is 1. The van der Waals surface area contributed by atoms with Gasteiger partial charge in [0.25, 0.3) is 0 Å². The molecule has 1 aromatic carbocycles. The summed E-state index contributed by atoms with van der Waals surface area (Å²) in [6.07, 6.45) is 2.61. The van der Waals surface area contributed by atoms with Crippen molar-refractivity contribution in [3.05, 3.63) is 40.4 Å². The van der Waals surface area contributed by atoms with Crippen molar-refractivity contribution in [3.8, 4) is 10.6 Å². The summed E-state index contributed by atoms with van der Waals surface area (Å²) in [5, 5.41) is 1.15. The molecule has 88 valence electrons. The zero-order valence-electron chi connectivity index (χ0n) is 9.81. The number of rotatable bonds is 3. The van der Waals surface area contributed by atoms with Crippen molar-refractivity contribution in [2.24, 2.45) is 0 Å². The Bertz CT molecular complexity index is 524. The van der Waals surface area contributed by atoms with Gasteiger partial charge in [-0.05, 0) is 19.8 Å². The number of aryl methyl sites for hydroxylation is 1. The zero-order chi connectivity index (χ0) is 11.8. The van der Waals surface area contributed by atoms with E-state index in [-0.39, 0.29) is 0 Å². The number of thiol groups is 1. The van der Waals surface area contributed by atoms with E-state index in [1.165, 1.54) is 34.5 Å². The summed E-state index contributed by atoms with van der Waals surface area (Å²) in [5.74, 6) is 1.53. The number of hydrogen-bond acceptors (Lipinski definition) is 3. The van der Waals surface area contributed by atoms with Gasteiger partial charge in [-0.2, -0.15) is 12.6 Å². The van der Waals surface area contributed by atoms with Crippen LogP contribution in [0.3, 0.4) is 0 Å². The summed E-state index contributed by atoms with van der Waals surface area (Å²) in [6, 6.07) is 8.61. The Balaban J connectivity index is 2.00. The maximum atomic E-state index is 4.81. The molecule has 1 nitrogen and oxygen atoms in total. The molecule has 1 aliphatic rings. The first-order valence-corrected chi connectivity index (χ1v) is 7.40. The van der Waals surface area contributed by atoms with Gasteiger partial charge in [-0.1, -0.05) is 29.8 Å². The second-order valence-electron chi connectivity index (χ2n) is 4.63. The van der Waals surface area contributed by atoms with Crippen molar-refractivity contribution >= 4 is 24.0 Å². The van der Waals surface area contributed by atoms with Crippen LogP contribution in [0.5, 0.6) is 0 Å². The highest BCUT2D eigenvalue weighted by Gasteiger charge is 2.29. The first-order chi connectivity index (χ1) is 8.28. The highest BCUT2D eigenvalue weighted by Crippen LogP contribution is 2.44. The molecule has 0 aliphatic heterocycles. The van der Waals surface area contributed by atoms with E-state index < -0.39 is 0 Å². The van der Waals surface area contributed by atoms with Gasteiger partial charge in [0.15, 0.2) is 0 Å². The van der Waals surface area contributed by atoms with Gasteiger partial charge in [0, 0.05) is 22.1 Å². The van der Waals surface area contributed by atoms with Gasteiger partial charge < -0.3 is 0 Å². The van der Waals surface area contributed by atoms with Crippen LogP contribution in [-0.4, -0.2) is 4.98 Å². The van der Waals surface area contributed by atoms with Crippen molar-refractivity contribution in [3.63, 3.8) is 0 Å². The zero-order valence-corrected chi connectivity index (χ0v) is 11.5. The monoisotopic (exact) mass is 261 g/mol. The molecule has 3 rings (SSSR count). The molecule has 0 radical (unpaired) electrons. The van der Waals surface area contributed by atoms with Crippen molar-refractivity contribution in [2.75, 3.05) is 0 Å². The molecule has 1 heterocycles. The standard InChI is InChI=1S/C14H15NS2/c1-9-2-4-11(5-3-9)14-15-13(10-6-7-10)12(8-16)17-14/h2-5,10,16H,6-8H2,1H3. The predicted octanol–water partition coefficient (Wildman–Crippen LogP) is 4.43. The van der Waals surface area contributed by atoms with E-state index in [1.54, 1.807) is 11.3 Å². The normalized spacial score (nSPS) is 15.2. The lowest BCUT2D eigenvalue weighted by Gasteiger charge is -1.96. The van der Waals surface area contributed by atoms with Crippen LogP contribution >= 0.6 is 24.0 Å². The topological polar surface area (TPSA) is 12.9 Å². The minimum Gasteiger partial charge on any atom is -0.240 e. The van der Waals surface area contributed by atoms with Crippen LogP contribution in [0.1, 0.15) is 34.9 Å². The molecule has 0 amide bonds. The number of nitrogens with zero attached hydrogens (tertiary/aromatic N) is 1. The molecular weight excluding hydrogens is 246 g/mol. The highest BCUT2D eigenvalue weighted by atomic mass is 32.1. The van der Waals surface area contributed by atoms with Crippen molar-refractivity contribution in [2.45, 2.75) is 31.4 Å². The van der Waals surface area contributed by atoms with Gasteiger partial charge in [0.05, 0.1) is 5.69 Å². The lowest BCUT2D eigenvalue weighted by Crippen LogP contribution is -1.84. The molecule has 0 atom stereocenters. The Hall–Kier alpha value is -0.800. The second-order valence-corrected chi connectivity index (χ2v) is 6.03. The Morgan fingerprint density at radius 3 is 2.59 bits per heavy atom. The van der Waals surface area contributed by atoms with Crippen LogP contribution in [0, 0.1) is 6.92 Å². The van der Waals surface area contributed by atoms with E-state index in [0.717, 1.165) is 10.8 Å². The maximum Gasteiger partial charge on any atom is 0.123 e. The Morgan fingerprint density at radius 2 is 2.00 bits per heavy atom. The van der Waals surface area contributed by atoms with Crippen LogP contribution in [-0.2, 0) is 5.75 Å². The quantitative estimate of drug-likeness (QED) is 0.807. The summed E-state index contributed by atoms with van der Waals surface area (Å²) in [7, 11) is 0. The summed E-state index contributed by atoms with van der Waals surface area (Å²) in [6.45, 7) is 2.11. The van der Waals surface area contributed by atoms with Crippen molar-refractivity contribution in [1.29, 1.82) is 0 Å². The average Bonchev–Trinajstić information content (AvgIpc) is 3.10. The molecule has 1 aliphatic carbocycles. The molecule has 0 saturated heterocycles. The molecule has 0 unspecified atom stereocenters.